The van der Waals surface area contributed by atoms with Crippen LogP contribution in [0.1, 0.15) is 21.7 Å². The number of nitrogens with zero attached hydrogens (tertiary/aromatic N) is 1. The lowest BCUT2D eigenvalue weighted by molar-refractivity contribution is -0.00461. The van der Waals surface area contributed by atoms with E-state index < -0.39 is 0 Å². The number of carbonyl (C=O) groups is 1. The second-order valence-electron chi connectivity index (χ2n) is 5.16. The van der Waals surface area contributed by atoms with E-state index in [1.807, 2.05) is 19.9 Å². The van der Waals surface area contributed by atoms with Gasteiger partial charge in [-0.1, -0.05) is 0 Å². The third-order valence-electron chi connectivity index (χ3n) is 3.71. The van der Waals surface area contributed by atoms with Gasteiger partial charge in [-0.15, -0.1) is 0 Å². The summed E-state index contributed by atoms with van der Waals surface area (Å²) in [5, 5.41) is 0. The quantitative estimate of drug-likeness (QED) is 0.813. The Bertz CT molecular complexity index is 444. The minimum atomic E-state index is 0.0480. The normalized spacial score (nSPS) is 24.0. The van der Waals surface area contributed by atoms with Crippen LogP contribution in [0.15, 0.2) is 6.07 Å². The highest BCUT2D eigenvalue weighted by Crippen LogP contribution is 2.17. The van der Waals surface area contributed by atoms with Crippen LogP contribution in [-0.4, -0.2) is 61.7 Å². The SMILES string of the molecule is COC1CN(CC(=O)c2cc(C)[nH]c2C)CC1OC. The number of nitrogens with one attached hydrogen (secondary N) is 1. The summed E-state index contributed by atoms with van der Waals surface area (Å²) < 4.78 is 10.8. The van der Waals surface area contributed by atoms with Gasteiger partial charge in [-0.25, -0.2) is 0 Å². The molecule has 2 atom stereocenters. The largest absolute Gasteiger partial charge is 0.377 e. The van der Waals surface area contributed by atoms with E-state index in [-0.39, 0.29) is 18.0 Å². The summed E-state index contributed by atoms with van der Waals surface area (Å²) in [4.78, 5) is 17.5. The van der Waals surface area contributed by atoms with Crippen molar-refractivity contribution in [3.8, 4) is 0 Å². The van der Waals surface area contributed by atoms with Crippen molar-refractivity contribution in [3.63, 3.8) is 0 Å². The van der Waals surface area contributed by atoms with Crippen LogP contribution in [0.2, 0.25) is 0 Å². The molecule has 0 aromatic carbocycles. The second-order valence-corrected chi connectivity index (χ2v) is 5.16. The number of aryl methyl sites for hydroxylation is 2. The Morgan fingerprint density at radius 2 is 1.89 bits per heavy atom. The first kappa shape index (κ1) is 14.2. The lowest BCUT2D eigenvalue weighted by Gasteiger charge is -2.13. The van der Waals surface area contributed by atoms with E-state index in [2.05, 4.69) is 9.88 Å². The number of hydrogen-bond acceptors (Lipinski definition) is 4. The maximum Gasteiger partial charge on any atom is 0.178 e. The molecule has 5 nitrogen and oxygen atoms in total. The number of Topliss-reactive ketones (excluding diaryl/α,β-unsaturated/α-hetero) is 1. The summed E-state index contributed by atoms with van der Waals surface area (Å²) in [7, 11) is 3.36. The van der Waals surface area contributed by atoms with Crippen molar-refractivity contribution >= 4 is 5.78 Å². The zero-order valence-corrected chi connectivity index (χ0v) is 12.0. The van der Waals surface area contributed by atoms with Gasteiger partial charge in [-0.2, -0.15) is 0 Å². The summed E-state index contributed by atoms with van der Waals surface area (Å²) in [5.74, 6) is 0.147. The number of ketones is 1. The van der Waals surface area contributed by atoms with Crippen LogP contribution in [-0.2, 0) is 9.47 Å². The first-order chi connectivity index (χ1) is 9.05. The van der Waals surface area contributed by atoms with Gasteiger partial charge < -0.3 is 14.5 Å². The smallest absolute Gasteiger partial charge is 0.178 e. The Balaban J connectivity index is 1.99. The minimum Gasteiger partial charge on any atom is -0.377 e. The number of methoxy groups -OCH3 is 2. The van der Waals surface area contributed by atoms with E-state index >= 15 is 0 Å². The molecule has 1 aromatic heterocycles. The van der Waals surface area contributed by atoms with Crippen LogP contribution in [0.5, 0.6) is 0 Å². The van der Waals surface area contributed by atoms with Gasteiger partial charge in [0.25, 0.3) is 0 Å². The number of H-pyrrole nitrogens is 1. The Kier molecular flexibility index (Phi) is 4.39. The standard InChI is InChI=1S/C14H22N2O3/c1-9-5-11(10(2)15-9)12(17)6-16-7-13(18-3)14(8-16)19-4/h5,13-15H,6-8H2,1-4H3. The summed E-state index contributed by atoms with van der Waals surface area (Å²) >= 11 is 0. The van der Waals surface area contributed by atoms with E-state index in [4.69, 9.17) is 9.47 Å². The Morgan fingerprint density at radius 1 is 1.32 bits per heavy atom. The Morgan fingerprint density at radius 3 is 2.32 bits per heavy atom. The lowest BCUT2D eigenvalue weighted by atomic mass is 10.1. The fourth-order valence-corrected chi connectivity index (χ4v) is 2.70. The van der Waals surface area contributed by atoms with Crippen molar-refractivity contribution in [2.75, 3.05) is 33.9 Å². The molecule has 2 unspecified atom stereocenters. The number of rotatable bonds is 5. The average molecular weight is 266 g/mol. The van der Waals surface area contributed by atoms with Gasteiger partial charge in [0, 0.05) is 44.3 Å². The van der Waals surface area contributed by atoms with Gasteiger partial charge in [-0.3, -0.25) is 9.69 Å². The zero-order valence-electron chi connectivity index (χ0n) is 12.0. The first-order valence-corrected chi connectivity index (χ1v) is 6.52. The number of ether oxygens (including phenoxy) is 2. The molecule has 1 N–H and O–H groups in total. The summed E-state index contributed by atoms with van der Waals surface area (Å²) in [6, 6.07) is 1.91. The molecule has 2 rings (SSSR count). The summed E-state index contributed by atoms with van der Waals surface area (Å²) in [6.07, 6.45) is 0.0960. The third-order valence-corrected chi connectivity index (χ3v) is 3.71. The van der Waals surface area contributed by atoms with Crippen molar-refractivity contribution in [1.29, 1.82) is 0 Å². The van der Waals surface area contributed by atoms with E-state index in [1.54, 1.807) is 14.2 Å². The van der Waals surface area contributed by atoms with Gasteiger partial charge in [0.1, 0.15) is 0 Å². The monoisotopic (exact) mass is 266 g/mol. The van der Waals surface area contributed by atoms with Gasteiger partial charge >= 0.3 is 0 Å². The number of hydrogen-bond donors (Lipinski definition) is 1. The van der Waals surface area contributed by atoms with Crippen molar-refractivity contribution < 1.29 is 14.3 Å². The molecule has 0 aliphatic carbocycles. The van der Waals surface area contributed by atoms with E-state index in [0.29, 0.717) is 6.54 Å². The van der Waals surface area contributed by atoms with Gasteiger partial charge in [0.05, 0.1) is 18.8 Å². The van der Waals surface area contributed by atoms with Crippen LogP contribution in [0.3, 0.4) is 0 Å². The second kappa shape index (κ2) is 5.86. The first-order valence-electron chi connectivity index (χ1n) is 6.52. The van der Waals surface area contributed by atoms with E-state index in [1.165, 1.54) is 0 Å². The molecule has 0 spiro atoms. The van der Waals surface area contributed by atoms with Crippen molar-refractivity contribution in [2.24, 2.45) is 0 Å². The number of aromatic amines is 1. The molecule has 1 aromatic rings. The molecule has 1 aliphatic heterocycles. The van der Waals surface area contributed by atoms with Crippen molar-refractivity contribution in [3.05, 3.63) is 23.0 Å². The summed E-state index contributed by atoms with van der Waals surface area (Å²) in [5.41, 5.74) is 2.74. The van der Waals surface area contributed by atoms with Crippen LogP contribution < -0.4 is 0 Å². The topological polar surface area (TPSA) is 54.6 Å². The lowest BCUT2D eigenvalue weighted by Crippen LogP contribution is -2.29. The molecule has 19 heavy (non-hydrogen) atoms. The predicted octanol–water partition coefficient (Wildman–Crippen LogP) is 1.16. The van der Waals surface area contributed by atoms with Gasteiger partial charge in [0.2, 0.25) is 0 Å². The fourth-order valence-electron chi connectivity index (χ4n) is 2.70. The molecule has 1 aliphatic rings. The van der Waals surface area contributed by atoms with Crippen LogP contribution in [0.25, 0.3) is 0 Å². The molecule has 0 amide bonds. The molecular formula is C14H22N2O3. The minimum absolute atomic E-state index is 0.0480. The van der Waals surface area contributed by atoms with Gasteiger partial charge in [-0.05, 0) is 19.9 Å². The Hall–Kier alpha value is -1.17. The van der Waals surface area contributed by atoms with Crippen LogP contribution in [0.4, 0.5) is 0 Å². The molecule has 1 saturated heterocycles. The third kappa shape index (κ3) is 3.05. The van der Waals surface area contributed by atoms with Crippen molar-refractivity contribution in [2.45, 2.75) is 26.1 Å². The summed E-state index contributed by atoms with van der Waals surface area (Å²) in [6.45, 7) is 5.78. The maximum absolute atomic E-state index is 12.3. The molecule has 106 valence electrons. The van der Waals surface area contributed by atoms with Crippen molar-refractivity contribution in [1.82, 2.24) is 9.88 Å². The number of carbonyl (C=O) groups excluding carboxylic acids is 1. The molecule has 0 bridgehead atoms. The van der Waals surface area contributed by atoms with Crippen LogP contribution in [0, 0.1) is 13.8 Å². The van der Waals surface area contributed by atoms with Gasteiger partial charge in [0.15, 0.2) is 5.78 Å². The molecular weight excluding hydrogens is 244 g/mol. The maximum atomic E-state index is 12.3. The van der Waals surface area contributed by atoms with Crippen LogP contribution >= 0.6 is 0 Å². The molecule has 5 heteroatoms. The molecule has 2 heterocycles. The zero-order chi connectivity index (χ0) is 14.0. The fraction of sp³-hybridized carbons (Fsp3) is 0.643. The number of aromatic nitrogens is 1. The van der Waals surface area contributed by atoms with E-state index in [0.717, 1.165) is 30.0 Å². The van der Waals surface area contributed by atoms with E-state index in [9.17, 15) is 4.79 Å². The molecule has 0 radical (unpaired) electrons. The Labute approximate surface area is 113 Å². The molecule has 0 saturated carbocycles. The predicted molar refractivity (Wildman–Crippen MR) is 72.6 cm³/mol. The average Bonchev–Trinajstić information content (AvgIpc) is 2.92. The number of likely N-dealkylation sites (tertiary alicyclic amines) is 1. The highest BCUT2D eigenvalue weighted by molar-refractivity contribution is 5.98. The molecule has 1 fully saturated rings. The highest BCUT2D eigenvalue weighted by atomic mass is 16.5. The highest BCUT2D eigenvalue weighted by Gasteiger charge is 2.33.